The third-order valence-corrected chi connectivity index (χ3v) is 3.78. The molecule has 4 heteroatoms. The molecule has 1 saturated carbocycles. The van der Waals surface area contributed by atoms with E-state index in [4.69, 9.17) is 10.5 Å². The van der Waals surface area contributed by atoms with Crippen LogP contribution in [0.15, 0.2) is 18.2 Å². The van der Waals surface area contributed by atoms with Gasteiger partial charge >= 0.3 is 0 Å². The molecule has 0 atom stereocenters. The van der Waals surface area contributed by atoms with Crippen molar-refractivity contribution >= 4 is 11.6 Å². The number of hydrogen-bond acceptors (Lipinski definition) is 3. The number of carbonyl (C=O) groups is 1. The van der Waals surface area contributed by atoms with Gasteiger partial charge in [0, 0.05) is 18.3 Å². The number of hydrogen-bond donors (Lipinski definition) is 2. The lowest BCUT2D eigenvalue weighted by Crippen LogP contribution is -2.30. The highest BCUT2D eigenvalue weighted by molar-refractivity contribution is 5.99. The summed E-state index contributed by atoms with van der Waals surface area (Å²) in [6, 6.07) is 5.14. The number of nitrogens with one attached hydrogen (secondary N) is 1. The van der Waals surface area contributed by atoms with Crippen molar-refractivity contribution in [2.45, 2.75) is 32.1 Å². The zero-order valence-electron chi connectivity index (χ0n) is 11.4. The van der Waals surface area contributed by atoms with Crippen LogP contribution in [0.25, 0.3) is 0 Å². The van der Waals surface area contributed by atoms with Crippen LogP contribution >= 0.6 is 0 Å². The molecular weight excluding hydrogens is 240 g/mol. The van der Waals surface area contributed by atoms with Crippen LogP contribution in [0.3, 0.4) is 0 Å². The van der Waals surface area contributed by atoms with Gasteiger partial charge in [-0.3, -0.25) is 4.79 Å². The van der Waals surface area contributed by atoms with E-state index in [1.807, 2.05) is 0 Å². The van der Waals surface area contributed by atoms with Crippen LogP contribution in [0, 0.1) is 5.92 Å². The molecule has 0 aliphatic heterocycles. The van der Waals surface area contributed by atoms with E-state index in [2.05, 4.69) is 5.32 Å². The maximum absolute atomic E-state index is 12.1. The van der Waals surface area contributed by atoms with Crippen LogP contribution < -0.4 is 15.8 Å². The van der Waals surface area contributed by atoms with Crippen molar-refractivity contribution in [1.82, 2.24) is 5.32 Å². The van der Waals surface area contributed by atoms with Crippen LogP contribution in [-0.2, 0) is 0 Å². The van der Waals surface area contributed by atoms with E-state index >= 15 is 0 Å². The fourth-order valence-corrected chi connectivity index (χ4v) is 2.60. The number of rotatable bonds is 4. The Morgan fingerprint density at radius 3 is 2.74 bits per heavy atom. The van der Waals surface area contributed by atoms with Gasteiger partial charge in [0.05, 0.1) is 12.7 Å². The molecule has 3 N–H and O–H groups in total. The van der Waals surface area contributed by atoms with Gasteiger partial charge in [-0.15, -0.1) is 0 Å². The third kappa shape index (κ3) is 3.63. The van der Waals surface area contributed by atoms with Crippen molar-refractivity contribution in [2.75, 3.05) is 19.4 Å². The predicted molar refractivity (Wildman–Crippen MR) is 76.3 cm³/mol. The van der Waals surface area contributed by atoms with Crippen molar-refractivity contribution < 1.29 is 9.53 Å². The summed E-state index contributed by atoms with van der Waals surface area (Å²) in [7, 11) is 1.58. The lowest BCUT2D eigenvalue weighted by Gasteiger charge is -2.21. The van der Waals surface area contributed by atoms with Crippen molar-refractivity contribution in [2.24, 2.45) is 5.92 Å². The molecule has 0 spiro atoms. The Balaban J connectivity index is 1.92. The summed E-state index contributed by atoms with van der Waals surface area (Å²) in [5.41, 5.74) is 6.85. The summed E-state index contributed by atoms with van der Waals surface area (Å²) < 4.78 is 5.07. The minimum atomic E-state index is -0.0919. The Bertz CT molecular complexity index is 440. The first-order valence-electron chi connectivity index (χ1n) is 6.92. The second kappa shape index (κ2) is 6.45. The smallest absolute Gasteiger partial charge is 0.253 e. The lowest BCUT2D eigenvalue weighted by atomic mass is 9.89. The van der Waals surface area contributed by atoms with Gasteiger partial charge in [-0.2, -0.15) is 0 Å². The number of benzene rings is 1. The monoisotopic (exact) mass is 262 g/mol. The summed E-state index contributed by atoms with van der Waals surface area (Å²) in [4.78, 5) is 12.1. The SMILES string of the molecule is COc1ccc(C(=O)NCC2CCCCC2)c(N)c1. The van der Waals surface area contributed by atoms with Gasteiger partial charge in [-0.25, -0.2) is 0 Å². The Hall–Kier alpha value is -1.71. The standard InChI is InChI=1S/C15H22N2O2/c1-19-12-7-8-13(14(16)9-12)15(18)17-10-11-5-3-2-4-6-11/h7-9,11H,2-6,10,16H2,1H3,(H,17,18). The number of ether oxygens (including phenoxy) is 1. The molecule has 0 aromatic heterocycles. The first-order chi connectivity index (χ1) is 9.20. The molecule has 1 aliphatic carbocycles. The molecule has 1 amide bonds. The van der Waals surface area contributed by atoms with Gasteiger partial charge in [-0.1, -0.05) is 19.3 Å². The summed E-state index contributed by atoms with van der Waals surface area (Å²) >= 11 is 0. The van der Waals surface area contributed by atoms with E-state index in [1.54, 1.807) is 25.3 Å². The highest BCUT2D eigenvalue weighted by Crippen LogP contribution is 2.23. The van der Waals surface area contributed by atoms with E-state index in [-0.39, 0.29) is 5.91 Å². The van der Waals surface area contributed by atoms with Gasteiger partial charge in [0.2, 0.25) is 0 Å². The second-order valence-electron chi connectivity index (χ2n) is 5.17. The Morgan fingerprint density at radius 1 is 1.37 bits per heavy atom. The van der Waals surface area contributed by atoms with E-state index in [0.29, 0.717) is 22.9 Å². The predicted octanol–water partition coefficient (Wildman–Crippen LogP) is 2.59. The Labute approximate surface area is 114 Å². The summed E-state index contributed by atoms with van der Waals surface area (Å²) in [5, 5.41) is 2.99. The minimum absolute atomic E-state index is 0.0919. The maximum Gasteiger partial charge on any atom is 0.253 e. The molecule has 0 saturated heterocycles. The normalized spacial score (nSPS) is 16.1. The highest BCUT2D eigenvalue weighted by Gasteiger charge is 2.16. The Kier molecular flexibility index (Phi) is 4.66. The molecule has 2 rings (SSSR count). The fraction of sp³-hybridized carbons (Fsp3) is 0.533. The van der Waals surface area contributed by atoms with Crippen molar-refractivity contribution in [1.29, 1.82) is 0 Å². The summed E-state index contributed by atoms with van der Waals surface area (Å²) in [6.45, 7) is 0.754. The molecule has 0 unspecified atom stereocenters. The van der Waals surface area contributed by atoms with E-state index in [9.17, 15) is 4.79 Å². The average molecular weight is 262 g/mol. The number of nitrogen functional groups attached to an aromatic ring is 1. The van der Waals surface area contributed by atoms with E-state index in [1.165, 1.54) is 32.1 Å². The van der Waals surface area contributed by atoms with Gasteiger partial charge in [-0.05, 0) is 30.9 Å². The highest BCUT2D eigenvalue weighted by atomic mass is 16.5. The van der Waals surface area contributed by atoms with Gasteiger partial charge in [0.25, 0.3) is 5.91 Å². The zero-order chi connectivity index (χ0) is 13.7. The summed E-state index contributed by atoms with van der Waals surface area (Å²) in [6.07, 6.45) is 6.34. The van der Waals surface area contributed by atoms with Crippen molar-refractivity contribution in [3.8, 4) is 5.75 Å². The quantitative estimate of drug-likeness (QED) is 0.820. The molecule has 1 aromatic rings. The molecule has 4 nitrogen and oxygen atoms in total. The summed E-state index contributed by atoms with van der Waals surface area (Å²) in [5.74, 6) is 1.20. The van der Waals surface area contributed by atoms with Crippen LogP contribution in [0.2, 0.25) is 0 Å². The molecule has 19 heavy (non-hydrogen) atoms. The topological polar surface area (TPSA) is 64.3 Å². The van der Waals surface area contributed by atoms with Crippen molar-refractivity contribution in [3.63, 3.8) is 0 Å². The molecule has 1 aliphatic rings. The molecular formula is C15H22N2O2. The molecule has 1 aromatic carbocycles. The largest absolute Gasteiger partial charge is 0.497 e. The first kappa shape index (κ1) is 13.7. The van der Waals surface area contributed by atoms with Crippen LogP contribution in [0.4, 0.5) is 5.69 Å². The van der Waals surface area contributed by atoms with Gasteiger partial charge in [0.15, 0.2) is 0 Å². The zero-order valence-corrected chi connectivity index (χ0v) is 11.4. The van der Waals surface area contributed by atoms with E-state index in [0.717, 1.165) is 6.54 Å². The molecule has 104 valence electrons. The number of amides is 1. The first-order valence-corrected chi connectivity index (χ1v) is 6.92. The lowest BCUT2D eigenvalue weighted by molar-refractivity contribution is 0.0944. The second-order valence-corrected chi connectivity index (χ2v) is 5.17. The van der Waals surface area contributed by atoms with Crippen LogP contribution in [0.5, 0.6) is 5.75 Å². The third-order valence-electron chi connectivity index (χ3n) is 3.78. The van der Waals surface area contributed by atoms with Crippen LogP contribution in [0.1, 0.15) is 42.5 Å². The van der Waals surface area contributed by atoms with Gasteiger partial charge in [0.1, 0.15) is 5.75 Å². The number of anilines is 1. The minimum Gasteiger partial charge on any atom is -0.497 e. The molecule has 0 radical (unpaired) electrons. The Morgan fingerprint density at radius 2 is 2.11 bits per heavy atom. The molecule has 1 fully saturated rings. The number of nitrogens with two attached hydrogens (primary N) is 1. The average Bonchev–Trinajstić information content (AvgIpc) is 2.45. The van der Waals surface area contributed by atoms with Crippen molar-refractivity contribution in [3.05, 3.63) is 23.8 Å². The fourth-order valence-electron chi connectivity index (χ4n) is 2.60. The molecule has 0 heterocycles. The number of carbonyl (C=O) groups excluding carboxylic acids is 1. The van der Waals surface area contributed by atoms with Crippen LogP contribution in [-0.4, -0.2) is 19.6 Å². The van der Waals surface area contributed by atoms with Gasteiger partial charge < -0.3 is 15.8 Å². The number of methoxy groups -OCH3 is 1. The molecule has 0 bridgehead atoms. The maximum atomic E-state index is 12.1. The van der Waals surface area contributed by atoms with E-state index < -0.39 is 0 Å².